The van der Waals surface area contributed by atoms with E-state index in [-0.39, 0.29) is 60.1 Å². The number of nitrogens with zero attached hydrogens (tertiary/aromatic N) is 6. The summed E-state index contributed by atoms with van der Waals surface area (Å²) in [6.07, 6.45) is 2.77. The average molecular weight is 774 g/mol. The maximum atomic E-state index is 13.4. The number of hydrogen-bond donors (Lipinski definition) is 8. The van der Waals surface area contributed by atoms with Crippen molar-refractivity contribution in [2.45, 2.75) is 30.9 Å². The minimum absolute atomic E-state index is 0.0156. The molecule has 23 heteroatoms. The fourth-order valence-corrected chi connectivity index (χ4v) is 7.02. The number of anilines is 1. The number of aryl methyl sites for hydroxylation is 1. The van der Waals surface area contributed by atoms with Crippen molar-refractivity contribution in [3.8, 4) is 5.75 Å². The molecule has 2 aromatic rings. The number of aliphatic imine (C=N–C) groups is 1. The molecule has 0 saturated carbocycles. The van der Waals surface area contributed by atoms with Gasteiger partial charge in [0.25, 0.3) is 17.7 Å². The van der Waals surface area contributed by atoms with E-state index >= 15 is 0 Å². The van der Waals surface area contributed by atoms with E-state index in [0.717, 1.165) is 28.5 Å². The second-order valence-electron chi connectivity index (χ2n) is 12.2. The van der Waals surface area contributed by atoms with E-state index < -0.39 is 63.6 Å². The number of hydrogen-bond acceptors (Lipinski definition) is 17. The number of aliphatic carboxylic acids is 2. The van der Waals surface area contributed by atoms with Crippen molar-refractivity contribution < 1.29 is 44.1 Å². The van der Waals surface area contributed by atoms with Crippen LogP contribution in [0.1, 0.15) is 30.0 Å². The second kappa shape index (κ2) is 15.2. The Morgan fingerprint density at radius 3 is 2.57 bits per heavy atom. The van der Waals surface area contributed by atoms with E-state index in [1.165, 1.54) is 42.6 Å². The van der Waals surface area contributed by atoms with Crippen molar-refractivity contribution in [1.82, 2.24) is 35.3 Å². The number of aromatic hydroxyl groups is 1. The Kier molecular flexibility index (Phi) is 11.0. The number of fused-ring (bicyclic) bond motifs is 1. The van der Waals surface area contributed by atoms with Crippen LogP contribution in [0.2, 0.25) is 0 Å². The zero-order valence-corrected chi connectivity index (χ0v) is 30.0. The van der Waals surface area contributed by atoms with Gasteiger partial charge in [0.15, 0.2) is 16.6 Å². The highest BCUT2D eigenvalue weighted by molar-refractivity contribution is 8.00. The summed E-state index contributed by atoms with van der Waals surface area (Å²) in [4.78, 5) is 91.2. The summed E-state index contributed by atoms with van der Waals surface area (Å²) in [6, 6.07) is -0.124. The van der Waals surface area contributed by atoms with E-state index in [2.05, 4.69) is 31.1 Å². The predicted octanol–water partition coefficient (Wildman–Crippen LogP) is -2.06. The zero-order chi connectivity index (χ0) is 38.8. The molecule has 3 aliphatic rings. The first-order valence-corrected chi connectivity index (χ1v) is 17.5. The van der Waals surface area contributed by atoms with Crippen LogP contribution in [-0.4, -0.2) is 125 Å². The van der Waals surface area contributed by atoms with Gasteiger partial charge in [0.1, 0.15) is 41.0 Å². The van der Waals surface area contributed by atoms with Crippen molar-refractivity contribution >= 4 is 69.4 Å². The molecule has 3 aliphatic heterocycles. The molecule has 3 amide bonds. The summed E-state index contributed by atoms with van der Waals surface area (Å²) < 4.78 is 1.32. The molecule has 2 atom stereocenters. The number of carboxylic acids is 2. The van der Waals surface area contributed by atoms with Gasteiger partial charge in [-0.2, -0.15) is 0 Å². The van der Waals surface area contributed by atoms with Gasteiger partial charge in [0.2, 0.25) is 11.0 Å². The number of nitrogen functional groups attached to an aromatic ring is 1. The Morgan fingerprint density at radius 2 is 1.91 bits per heavy atom. The van der Waals surface area contributed by atoms with Crippen LogP contribution in [0.4, 0.5) is 5.13 Å². The van der Waals surface area contributed by atoms with Crippen molar-refractivity contribution in [3.05, 3.63) is 62.4 Å². The Balaban J connectivity index is 1.23. The molecule has 0 spiro atoms. The molecular weight excluding hydrogens is 739 g/mol. The number of rotatable bonds is 14. The van der Waals surface area contributed by atoms with E-state index in [9.17, 15) is 44.1 Å². The van der Waals surface area contributed by atoms with Crippen molar-refractivity contribution in [3.63, 3.8) is 0 Å². The quantitative estimate of drug-likeness (QED) is 0.0443. The van der Waals surface area contributed by atoms with Crippen LogP contribution < -0.4 is 32.8 Å². The van der Waals surface area contributed by atoms with Gasteiger partial charge in [-0.05, 0) is 19.4 Å². The fourth-order valence-electron chi connectivity index (χ4n) is 5.14. The zero-order valence-electron chi connectivity index (χ0n) is 28.4. The lowest BCUT2D eigenvalue weighted by molar-refractivity contribution is -0.161. The molecule has 0 radical (unpaired) electrons. The number of carboxylic acid groups (broad SMARTS) is 2. The van der Waals surface area contributed by atoms with Gasteiger partial charge in [-0.15, -0.1) is 23.1 Å². The second-order valence-corrected chi connectivity index (χ2v) is 14.2. The topological polar surface area (TPSA) is 309 Å². The lowest BCUT2D eigenvalue weighted by Gasteiger charge is -2.49. The van der Waals surface area contributed by atoms with E-state index in [4.69, 9.17) is 16.3 Å². The summed E-state index contributed by atoms with van der Waals surface area (Å²) in [7, 11) is 1.51. The first-order chi connectivity index (χ1) is 25.0. The van der Waals surface area contributed by atoms with Crippen LogP contribution in [0.3, 0.4) is 0 Å². The molecule has 53 heavy (non-hydrogen) atoms. The van der Waals surface area contributed by atoms with Crippen LogP contribution in [0.25, 0.3) is 0 Å². The Labute approximate surface area is 308 Å². The maximum absolute atomic E-state index is 13.4. The highest BCUT2D eigenvalue weighted by Gasteiger charge is 2.54. The van der Waals surface area contributed by atoms with Crippen LogP contribution in [0.5, 0.6) is 5.75 Å². The lowest BCUT2D eigenvalue weighted by atomic mass is 10.0. The molecule has 0 aliphatic carbocycles. The number of carbonyl (C=O) groups excluding carboxylic acids is 3. The summed E-state index contributed by atoms with van der Waals surface area (Å²) >= 11 is 2.22. The minimum Gasteiger partial charge on any atom is -0.503 e. The first kappa shape index (κ1) is 38.1. The van der Waals surface area contributed by atoms with Gasteiger partial charge in [-0.25, -0.2) is 19.6 Å². The molecule has 10 N–H and O–H groups in total. The summed E-state index contributed by atoms with van der Waals surface area (Å²) in [5.41, 5.74) is 9.44. The maximum Gasteiger partial charge on any atom is 0.352 e. The first-order valence-electron chi connectivity index (χ1n) is 15.6. The molecule has 2 aromatic heterocycles. The van der Waals surface area contributed by atoms with E-state index in [1.54, 1.807) is 11.1 Å². The van der Waals surface area contributed by atoms with Gasteiger partial charge >= 0.3 is 11.9 Å². The molecule has 0 bridgehead atoms. The number of β-lactam (4-membered cyclic amide) rings is 1. The standard InChI is InChI=1S/C30H35N11O10S2/c1-30(2,28(49)50)51-38-19(15-11-53-29(32)36-15)24(45)37-20-25(46)41-21(27(47)48)13(10-52-26(20)41)7-40-8-14(22(31)35-12-40)33-4-5-34-23(44)16-6-17(42)18(43)9-39(16)3/h6,8-9,11,20,26,33,43H,4-5,7,10,12H2,1-3H3,(H2,31,35)(H2,32,36)(H,34,44)(H,37,45)(H,47,48)(H,49,50)/b38-19-/t20-,26?/m1/s1. The Morgan fingerprint density at radius 1 is 1.17 bits per heavy atom. The SMILES string of the molecule is Cn1cc(O)c(=O)cc1C(=O)NCCNC1=CN(CC2=C(C(=O)O)N3C(=O)[C@@H](NC(=O)/C(=N\OC(C)(C)C(=O)O)c4csc(N)n4)C3SC2)CN=C1N. The lowest BCUT2D eigenvalue weighted by Crippen LogP contribution is -2.71. The molecule has 1 unspecified atom stereocenters. The van der Waals surface area contributed by atoms with E-state index in [0.29, 0.717) is 11.3 Å². The number of pyridine rings is 1. The number of nitrogens with one attached hydrogen (secondary N) is 3. The number of oxime groups is 1. The molecule has 5 heterocycles. The minimum atomic E-state index is -1.80. The van der Waals surface area contributed by atoms with Crippen LogP contribution >= 0.6 is 23.1 Å². The smallest absolute Gasteiger partial charge is 0.352 e. The third-order valence-corrected chi connectivity index (χ3v) is 9.99. The van der Waals surface area contributed by atoms with Gasteiger partial charge in [-0.1, -0.05) is 5.16 Å². The Bertz CT molecular complexity index is 2050. The summed E-state index contributed by atoms with van der Waals surface area (Å²) in [5, 5.41) is 41.8. The molecule has 0 aromatic carbocycles. The van der Waals surface area contributed by atoms with Gasteiger partial charge in [0.05, 0.1) is 11.9 Å². The summed E-state index contributed by atoms with van der Waals surface area (Å²) in [5.74, 6) is -4.97. The molecular formula is C30H35N11O10S2. The Hall–Kier alpha value is -6.10. The number of thioether (sulfide) groups is 1. The van der Waals surface area contributed by atoms with E-state index in [1.807, 2.05) is 0 Å². The van der Waals surface area contributed by atoms with Gasteiger partial charge in [0, 0.05) is 50.1 Å². The third kappa shape index (κ3) is 8.19. The van der Waals surface area contributed by atoms with Crippen LogP contribution in [-0.2, 0) is 31.1 Å². The molecule has 21 nitrogen and oxygen atoms in total. The van der Waals surface area contributed by atoms with Gasteiger partial charge in [-0.3, -0.25) is 24.1 Å². The number of amides is 3. The van der Waals surface area contributed by atoms with Crippen molar-refractivity contribution in [2.24, 2.45) is 22.9 Å². The number of amidine groups is 1. The predicted molar refractivity (Wildman–Crippen MR) is 191 cm³/mol. The average Bonchev–Trinajstić information content (AvgIpc) is 3.53. The number of nitrogens with two attached hydrogens (primary N) is 2. The number of thiazole rings is 1. The highest BCUT2D eigenvalue weighted by atomic mass is 32.2. The summed E-state index contributed by atoms with van der Waals surface area (Å²) in [6.45, 7) is 2.93. The number of aromatic nitrogens is 2. The largest absolute Gasteiger partial charge is 0.503 e. The monoisotopic (exact) mass is 773 g/mol. The van der Waals surface area contributed by atoms with Gasteiger partial charge < -0.3 is 57.0 Å². The molecule has 282 valence electrons. The highest BCUT2D eigenvalue weighted by Crippen LogP contribution is 2.40. The third-order valence-electron chi connectivity index (χ3n) is 7.98. The van der Waals surface area contributed by atoms with Crippen LogP contribution in [0.15, 0.2) is 55.8 Å². The molecule has 5 rings (SSSR count). The molecule has 1 fully saturated rings. The normalized spacial score (nSPS) is 18.7. The van der Waals surface area contributed by atoms with Crippen LogP contribution in [0, 0.1) is 0 Å². The fraction of sp³-hybridized carbons (Fsp3) is 0.367. The molecule has 1 saturated heterocycles. The van der Waals surface area contributed by atoms with Crippen molar-refractivity contribution in [1.29, 1.82) is 0 Å². The number of carbonyl (C=O) groups is 5. The van der Waals surface area contributed by atoms with Crippen molar-refractivity contribution in [2.75, 3.05) is 37.8 Å².